The number of benzene rings is 1. The summed E-state index contributed by atoms with van der Waals surface area (Å²) in [5.41, 5.74) is 1.66. The van der Waals surface area contributed by atoms with E-state index in [1.807, 2.05) is 24.3 Å². The highest BCUT2D eigenvalue weighted by Gasteiger charge is 2.09. The van der Waals surface area contributed by atoms with Crippen LogP contribution in [0, 0.1) is 0 Å². The Kier molecular flexibility index (Phi) is 6.10. The van der Waals surface area contributed by atoms with E-state index in [9.17, 15) is 9.59 Å². The van der Waals surface area contributed by atoms with Crippen molar-refractivity contribution in [1.82, 2.24) is 4.98 Å². The van der Waals surface area contributed by atoms with Crippen LogP contribution in [-0.2, 0) is 22.4 Å². The highest BCUT2D eigenvalue weighted by molar-refractivity contribution is 7.13. The lowest BCUT2D eigenvalue weighted by Gasteiger charge is -2.06. The number of aliphatic carboxylic acids is 1. The van der Waals surface area contributed by atoms with Crippen molar-refractivity contribution in [2.24, 2.45) is 0 Å². The third-order valence-corrected chi connectivity index (χ3v) is 3.77. The average molecular weight is 334 g/mol. The largest absolute Gasteiger partial charge is 0.484 e. The number of carboxylic acids is 1. The SMILES string of the molecule is CCCc1ccc(OCC(=O)Nc2nc(CC(=O)O)cs2)cc1. The van der Waals surface area contributed by atoms with Gasteiger partial charge in [0, 0.05) is 5.38 Å². The van der Waals surface area contributed by atoms with Crippen molar-refractivity contribution in [2.45, 2.75) is 26.2 Å². The zero-order chi connectivity index (χ0) is 16.7. The Bertz CT molecular complexity index is 667. The summed E-state index contributed by atoms with van der Waals surface area (Å²) in [6, 6.07) is 7.64. The van der Waals surface area contributed by atoms with Crippen LogP contribution in [0.1, 0.15) is 24.6 Å². The molecule has 1 aromatic carbocycles. The third-order valence-electron chi connectivity index (χ3n) is 2.96. The number of carbonyl (C=O) groups excluding carboxylic acids is 1. The van der Waals surface area contributed by atoms with Crippen LogP contribution in [-0.4, -0.2) is 28.6 Å². The van der Waals surface area contributed by atoms with Gasteiger partial charge in [-0.1, -0.05) is 25.5 Å². The van der Waals surface area contributed by atoms with E-state index < -0.39 is 5.97 Å². The van der Waals surface area contributed by atoms with E-state index in [2.05, 4.69) is 17.2 Å². The molecule has 0 aliphatic rings. The molecule has 0 aliphatic heterocycles. The lowest BCUT2D eigenvalue weighted by atomic mass is 10.1. The molecular weight excluding hydrogens is 316 g/mol. The van der Waals surface area contributed by atoms with E-state index in [1.165, 1.54) is 16.9 Å². The Hall–Kier alpha value is -2.41. The number of carbonyl (C=O) groups is 2. The Labute approximate surface area is 138 Å². The quantitative estimate of drug-likeness (QED) is 0.775. The summed E-state index contributed by atoms with van der Waals surface area (Å²) >= 11 is 1.19. The monoisotopic (exact) mass is 334 g/mol. The molecule has 23 heavy (non-hydrogen) atoms. The number of anilines is 1. The summed E-state index contributed by atoms with van der Waals surface area (Å²) in [5, 5.41) is 13.2. The maximum Gasteiger partial charge on any atom is 0.309 e. The second-order valence-electron chi connectivity index (χ2n) is 4.95. The van der Waals surface area contributed by atoms with Gasteiger partial charge in [0.15, 0.2) is 11.7 Å². The number of hydrogen-bond acceptors (Lipinski definition) is 5. The predicted molar refractivity (Wildman–Crippen MR) is 88.0 cm³/mol. The van der Waals surface area contributed by atoms with Gasteiger partial charge in [-0.2, -0.15) is 0 Å². The summed E-state index contributed by atoms with van der Waals surface area (Å²) in [7, 11) is 0. The molecule has 0 radical (unpaired) electrons. The van der Waals surface area contributed by atoms with Gasteiger partial charge in [-0.15, -0.1) is 11.3 Å². The van der Waals surface area contributed by atoms with Crippen LogP contribution >= 0.6 is 11.3 Å². The van der Waals surface area contributed by atoms with E-state index in [0.29, 0.717) is 16.6 Å². The van der Waals surface area contributed by atoms with Crippen LogP contribution in [0.4, 0.5) is 5.13 Å². The van der Waals surface area contributed by atoms with Gasteiger partial charge in [0.05, 0.1) is 12.1 Å². The molecule has 7 heteroatoms. The highest BCUT2D eigenvalue weighted by Crippen LogP contribution is 2.16. The summed E-state index contributed by atoms with van der Waals surface area (Å²) in [6.45, 7) is 2.00. The zero-order valence-corrected chi connectivity index (χ0v) is 13.6. The first-order valence-corrected chi connectivity index (χ1v) is 8.12. The number of aryl methyl sites for hydroxylation is 1. The topological polar surface area (TPSA) is 88.5 Å². The predicted octanol–water partition coefficient (Wildman–Crippen LogP) is 2.74. The van der Waals surface area contributed by atoms with E-state index in [4.69, 9.17) is 9.84 Å². The number of thiazole rings is 1. The van der Waals surface area contributed by atoms with Crippen LogP contribution in [0.15, 0.2) is 29.6 Å². The minimum atomic E-state index is -0.956. The standard InChI is InChI=1S/C16H18N2O4S/c1-2-3-11-4-6-13(7-5-11)22-9-14(19)18-16-17-12(10-23-16)8-15(20)21/h4-7,10H,2-3,8-9H2,1H3,(H,20,21)(H,17,18,19). The minimum Gasteiger partial charge on any atom is -0.484 e. The fraction of sp³-hybridized carbons (Fsp3) is 0.312. The fourth-order valence-electron chi connectivity index (χ4n) is 1.95. The number of ether oxygens (including phenoxy) is 1. The number of nitrogens with one attached hydrogen (secondary N) is 1. The van der Waals surface area contributed by atoms with Gasteiger partial charge in [-0.3, -0.25) is 14.9 Å². The van der Waals surface area contributed by atoms with Gasteiger partial charge >= 0.3 is 5.97 Å². The van der Waals surface area contributed by atoms with E-state index in [-0.39, 0.29) is 18.9 Å². The maximum absolute atomic E-state index is 11.8. The molecule has 122 valence electrons. The van der Waals surface area contributed by atoms with Gasteiger partial charge in [-0.05, 0) is 24.1 Å². The van der Waals surface area contributed by atoms with Gasteiger partial charge in [0.2, 0.25) is 0 Å². The average Bonchev–Trinajstić information content (AvgIpc) is 2.93. The molecular formula is C16H18N2O4S. The Morgan fingerprint density at radius 3 is 2.70 bits per heavy atom. The lowest BCUT2D eigenvalue weighted by molar-refractivity contribution is -0.136. The molecule has 1 aromatic heterocycles. The van der Waals surface area contributed by atoms with Crippen molar-refractivity contribution in [3.05, 3.63) is 40.9 Å². The Morgan fingerprint density at radius 2 is 2.04 bits per heavy atom. The minimum absolute atomic E-state index is 0.124. The van der Waals surface area contributed by atoms with Crippen molar-refractivity contribution in [3.63, 3.8) is 0 Å². The van der Waals surface area contributed by atoms with Gasteiger partial charge < -0.3 is 9.84 Å². The van der Waals surface area contributed by atoms with E-state index in [0.717, 1.165) is 12.8 Å². The molecule has 2 rings (SSSR count). The van der Waals surface area contributed by atoms with Gasteiger partial charge in [-0.25, -0.2) is 4.98 Å². The molecule has 0 unspecified atom stereocenters. The van der Waals surface area contributed by atoms with Gasteiger partial charge in [0.25, 0.3) is 5.91 Å². The Morgan fingerprint density at radius 1 is 1.30 bits per heavy atom. The summed E-state index contributed by atoms with van der Waals surface area (Å²) in [4.78, 5) is 26.4. The molecule has 0 bridgehead atoms. The summed E-state index contributed by atoms with van der Waals surface area (Å²) < 4.78 is 5.42. The number of rotatable bonds is 8. The Balaban J connectivity index is 1.80. The van der Waals surface area contributed by atoms with Crippen LogP contribution in [0.25, 0.3) is 0 Å². The third kappa shape index (κ3) is 5.71. The molecule has 0 atom stereocenters. The first-order valence-electron chi connectivity index (χ1n) is 7.24. The molecule has 0 saturated heterocycles. The second kappa shape index (κ2) is 8.28. The normalized spacial score (nSPS) is 10.3. The number of carboxylic acid groups (broad SMARTS) is 1. The zero-order valence-electron chi connectivity index (χ0n) is 12.7. The molecule has 2 aromatic rings. The number of aromatic nitrogens is 1. The molecule has 6 nitrogen and oxygen atoms in total. The summed E-state index contributed by atoms with van der Waals surface area (Å²) in [5.74, 6) is -0.660. The molecule has 1 amide bonds. The van der Waals surface area contributed by atoms with Crippen molar-refractivity contribution in [1.29, 1.82) is 0 Å². The first kappa shape index (κ1) is 17.0. The van der Waals surface area contributed by atoms with Crippen molar-refractivity contribution >= 4 is 28.3 Å². The molecule has 0 aliphatic carbocycles. The van der Waals surface area contributed by atoms with Crippen LogP contribution < -0.4 is 10.1 Å². The van der Waals surface area contributed by atoms with Crippen molar-refractivity contribution < 1.29 is 19.4 Å². The number of nitrogens with zero attached hydrogens (tertiary/aromatic N) is 1. The summed E-state index contributed by atoms with van der Waals surface area (Å²) in [6.07, 6.45) is 1.94. The van der Waals surface area contributed by atoms with E-state index in [1.54, 1.807) is 5.38 Å². The van der Waals surface area contributed by atoms with Crippen LogP contribution in [0.2, 0.25) is 0 Å². The molecule has 0 fully saturated rings. The lowest BCUT2D eigenvalue weighted by Crippen LogP contribution is -2.20. The van der Waals surface area contributed by atoms with E-state index >= 15 is 0 Å². The number of amides is 1. The fourth-order valence-corrected chi connectivity index (χ4v) is 2.67. The molecule has 1 heterocycles. The molecule has 0 saturated carbocycles. The first-order chi connectivity index (χ1) is 11.1. The molecule has 2 N–H and O–H groups in total. The second-order valence-corrected chi connectivity index (χ2v) is 5.80. The van der Waals surface area contributed by atoms with Gasteiger partial charge in [0.1, 0.15) is 5.75 Å². The highest BCUT2D eigenvalue weighted by atomic mass is 32.1. The van der Waals surface area contributed by atoms with Crippen molar-refractivity contribution in [3.8, 4) is 5.75 Å². The molecule has 0 spiro atoms. The van der Waals surface area contributed by atoms with Crippen LogP contribution in [0.5, 0.6) is 5.75 Å². The maximum atomic E-state index is 11.8. The van der Waals surface area contributed by atoms with Crippen molar-refractivity contribution in [2.75, 3.05) is 11.9 Å². The van der Waals surface area contributed by atoms with Crippen LogP contribution in [0.3, 0.4) is 0 Å². The smallest absolute Gasteiger partial charge is 0.309 e. The number of hydrogen-bond donors (Lipinski definition) is 2.